The van der Waals surface area contributed by atoms with Gasteiger partial charge < -0.3 is 14.1 Å². The van der Waals surface area contributed by atoms with Gasteiger partial charge in [0.15, 0.2) is 6.39 Å². The van der Waals surface area contributed by atoms with Gasteiger partial charge in [-0.05, 0) is 41.8 Å². The molecule has 0 bridgehead atoms. The van der Waals surface area contributed by atoms with Crippen molar-refractivity contribution in [2.45, 2.75) is 19.5 Å². The smallest absolute Gasteiger partial charge is 0.416 e. The highest BCUT2D eigenvalue weighted by molar-refractivity contribution is 6.02. The fourth-order valence-corrected chi connectivity index (χ4v) is 3.29. The average molecular weight is 413 g/mol. The molecule has 0 radical (unpaired) electrons. The number of rotatable bonds is 5. The molecule has 0 saturated heterocycles. The minimum absolute atomic E-state index is 0.227. The molecule has 1 amide bonds. The topological polar surface area (TPSA) is 59.5 Å². The highest BCUT2D eigenvalue weighted by Crippen LogP contribution is 2.32. The summed E-state index contributed by atoms with van der Waals surface area (Å²) >= 11 is 0. The van der Waals surface area contributed by atoms with Crippen LogP contribution in [0.4, 0.5) is 13.2 Å². The Hall–Kier alpha value is -3.55. The van der Waals surface area contributed by atoms with Gasteiger partial charge in [-0.2, -0.15) is 13.2 Å². The van der Waals surface area contributed by atoms with Crippen LogP contribution in [0.2, 0.25) is 0 Å². The van der Waals surface area contributed by atoms with Gasteiger partial charge >= 0.3 is 6.18 Å². The van der Waals surface area contributed by atoms with Gasteiger partial charge in [-0.3, -0.25) is 4.79 Å². The van der Waals surface area contributed by atoms with Crippen molar-refractivity contribution in [3.8, 4) is 22.5 Å². The normalized spacial score (nSPS) is 11.7. The van der Waals surface area contributed by atoms with E-state index in [1.807, 2.05) is 13.0 Å². The molecule has 0 unspecified atom stereocenters. The van der Waals surface area contributed by atoms with Gasteiger partial charge in [-0.25, -0.2) is 4.98 Å². The van der Waals surface area contributed by atoms with Crippen molar-refractivity contribution in [1.29, 1.82) is 0 Å². The van der Waals surface area contributed by atoms with Gasteiger partial charge in [0.2, 0.25) is 0 Å². The number of oxazole rings is 1. The highest BCUT2D eigenvalue weighted by Gasteiger charge is 2.30. The Morgan fingerprint density at radius 1 is 1.13 bits per heavy atom. The maximum atomic E-state index is 12.8. The molecule has 1 N–H and O–H groups in total. The van der Waals surface area contributed by atoms with Crippen LogP contribution < -0.4 is 5.32 Å². The summed E-state index contributed by atoms with van der Waals surface area (Å²) in [6.45, 7) is 2.51. The summed E-state index contributed by atoms with van der Waals surface area (Å²) in [5.41, 5.74) is 2.87. The zero-order chi connectivity index (χ0) is 21.3. The number of fused-ring (bicyclic) bond motifs is 1. The number of nitrogens with zero attached hydrogens (tertiary/aromatic N) is 2. The number of halogens is 3. The number of hydrogen-bond donors (Lipinski definition) is 1. The second kappa shape index (κ2) is 7.70. The first-order valence-corrected chi connectivity index (χ1v) is 9.38. The Bertz CT molecular complexity index is 1180. The summed E-state index contributed by atoms with van der Waals surface area (Å²) in [4.78, 5) is 16.9. The molecule has 0 aliphatic rings. The minimum atomic E-state index is -4.39. The van der Waals surface area contributed by atoms with Crippen LogP contribution in [0.3, 0.4) is 0 Å². The number of pyridine rings is 1. The zero-order valence-corrected chi connectivity index (χ0v) is 16.0. The molecule has 4 rings (SSSR count). The fourth-order valence-electron chi connectivity index (χ4n) is 3.29. The summed E-state index contributed by atoms with van der Waals surface area (Å²) < 4.78 is 45.4. The molecule has 0 saturated carbocycles. The lowest BCUT2D eigenvalue weighted by Crippen LogP contribution is -2.24. The van der Waals surface area contributed by atoms with E-state index < -0.39 is 11.7 Å². The molecule has 5 nitrogen and oxygen atoms in total. The van der Waals surface area contributed by atoms with Crippen LogP contribution in [-0.4, -0.2) is 21.8 Å². The van der Waals surface area contributed by atoms with Gasteiger partial charge in [0.25, 0.3) is 5.91 Å². The average Bonchev–Trinajstić information content (AvgIpc) is 3.38. The number of hydrogen-bond acceptors (Lipinski definition) is 3. The molecule has 4 aromatic rings. The third-order valence-corrected chi connectivity index (χ3v) is 4.77. The van der Waals surface area contributed by atoms with E-state index in [1.54, 1.807) is 22.7 Å². The molecule has 0 atom stereocenters. The molecule has 3 heterocycles. The van der Waals surface area contributed by atoms with Gasteiger partial charge in [-0.1, -0.05) is 25.1 Å². The van der Waals surface area contributed by atoms with Crippen LogP contribution in [0.1, 0.15) is 29.3 Å². The summed E-state index contributed by atoms with van der Waals surface area (Å²) in [6.07, 6.45) is 0.921. The summed E-state index contributed by atoms with van der Waals surface area (Å²) in [6, 6.07) is 10.3. The molecular formula is C22H18F3N3O2. The number of carbonyl (C=O) groups is 1. The van der Waals surface area contributed by atoms with Crippen LogP contribution in [-0.2, 0) is 6.18 Å². The van der Waals surface area contributed by atoms with E-state index in [-0.39, 0.29) is 5.91 Å². The van der Waals surface area contributed by atoms with E-state index in [2.05, 4.69) is 10.3 Å². The highest BCUT2D eigenvalue weighted by atomic mass is 19.4. The van der Waals surface area contributed by atoms with Crippen molar-refractivity contribution in [2.24, 2.45) is 0 Å². The van der Waals surface area contributed by atoms with E-state index in [1.165, 1.54) is 24.8 Å². The number of carbonyl (C=O) groups excluding carboxylic acids is 1. The maximum Gasteiger partial charge on any atom is 0.416 e. The van der Waals surface area contributed by atoms with Crippen LogP contribution in [0, 0.1) is 0 Å². The Balaban J connectivity index is 1.82. The van der Waals surface area contributed by atoms with Crippen LogP contribution in [0.5, 0.6) is 0 Å². The number of amides is 1. The lowest BCUT2D eigenvalue weighted by atomic mass is 10.1. The fraction of sp³-hybridized carbons (Fsp3) is 0.182. The largest absolute Gasteiger partial charge is 0.451 e. The van der Waals surface area contributed by atoms with Gasteiger partial charge in [-0.15, -0.1) is 0 Å². The summed E-state index contributed by atoms with van der Waals surface area (Å²) in [5.74, 6) is -0.227. The van der Waals surface area contributed by atoms with Crippen molar-refractivity contribution >= 4 is 11.4 Å². The molecule has 0 aliphatic heterocycles. The maximum absolute atomic E-state index is 12.8. The zero-order valence-electron chi connectivity index (χ0n) is 16.0. The van der Waals surface area contributed by atoms with E-state index >= 15 is 0 Å². The first-order chi connectivity index (χ1) is 14.4. The predicted molar refractivity (Wildman–Crippen MR) is 106 cm³/mol. The molecule has 3 aromatic heterocycles. The SMILES string of the molecule is CCCNC(=O)c1cc2ccc(-c3ccc(C(F)(F)F)cc3)cn2c1-c1cocn1. The number of benzene rings is 1. The Morgan fingerprint density at radius 2 is 1.87 bits per heavy atom. The van der Waals surface area contributed by atoms with Gasteiger partial charge in [0.05, 0.1) is 16.8 Å². The lowest BCUT2D eigenvalue weighted by Gasteiger charge is -2.09. The van der Waals surface area contributed by atoms with Crippen LogP contribution in [0.25, 0.3) is 28.0 Å². The first-order valence-electron chi connectivity index (χ1n) is 9.38. The first kappa shape index (κ1) is 19.8. The van der Waals surface area contributed by atoms with E-state index in [4.69, 9.17) is 4.42 Å². The number of aromatic nitrogens is 2. The number of nitrogens with one attached hydrogen (secondary N) is 1. The standard InChI is InChI=1S/C22H18F3N3O2/c1-2-9-26-21(29)18-10-17-8-5-15(11-28(17)20(18)19-12-30-13-27-19)14-3-6-16(7-4-14)22(23,24)25/h3-8,10-13H,2,9H2,1H3,(H,26,29). The van der Waals surface area contributed by atoms with Crippen molar-refractivity contribution < 1.29 is 22.4 Å². The Morgan fingerprint density at radius 3 is 2.50 bits per heavy atom. The van der Waals surface area contributed by atoms with Crippen molar-refractivity contribution in [3.05, 3.63) is 72.4 Å². The molecule has 154 valence electrons. The molecule has 0 aliphatic carbocycles. The summed E-state index contributed by atoms with van der Waals surface area (Å²) in [5, 5.41) is 2.86. The quantitative estimate of drug-likeness (QED) is 0.475. The molecule has 30 heavy (non-hydrogen) atoms. The predicted octanol–water partition coefficient (Wildman–Crippen LogP) is 5.42. The van der Waals surface area contributed by atoms with E-state index in [9.17, 15) is 18.0 Å². The minimum Gasteiger partial charge on any atom is -0.451 e. The second-order valence-electron chi connectivity index (χ2n) is 6.82. The second-order valence-corrected chi connectivity index (χ2v) is 6.82. The van der Waals surface area contributed by atoms with E-state index in [0.717, 1.165) is 24.1 Å². The molecule has 1 aromatic carbocycles. The van der Waals surface area contributed by atoms with Gasteiger partial charge in [0, 0.05) is 18.3 Å². The van der Waals surface area contributed by atoms with Crippen molar-refractivity contribution in [3.63, 3.8) is 0 Å². The van der Waals surface area contributed by atoms with E-state index in [0.29, 0.717) is 34.6 Å². The Labute approximate surface area is 170 Å². The Kier molecular flexibility index (Phi) is 5.07. The lowest BCUT2D eigenvalue weighted by molar-refractivity contribution is -0.137. The number of alkyl halides is 3. The molecule has 8 heteroatoms. The third kappa shape index (κ3) is 3.68. The molecule has 0 fully saturated rings. The summed E-state index contributed by atoms with van der Waals surface area (Å²) in [7, 11) is 0. The van der Waals surface area contributed by atoms with Gasteiger partial charge in [0.1, 0.15) is 12.0 Å². The van der Waals surface area contributed by atoms with Crippen molar-refractivity contribution in [1.82, 2.24) is 14.7 Å². The van der Waals surface area contributed by atoms with Crippen LogP contribution >= 0.6 is 0 Å². The van der Waals surface area contributed by atoms with Crippen molar-refractivity contribution in [2.75, 3.05) is 6.54 Å². The third-order valence-electron chi connectivity index (χ3n) is 4.77. The monoisotopic (exact) mass is 413 g/mol. The van der Waals surface area contributed by atoms with Crippen LogP contribution in [0.15, 0.2) is 65.7 Å². The molecule has 0 spiro atoms. The molecular weight excluding hydrogens is 395 g/mol.